The summed E-state index contributed by atoms with van der Waals surface area (Å²) < 4.78 is 1.56. The zero-order valence-electron chi connectivity index (χ0n) is 7.79. The standard InChI is InChI=1S/C11H7N3O/c15-11-7-13-10-6-12-5-8-3-1-2-4-9(8)14(10)11/h1-7H. The molecule has 4 heteroatoms. The first-order valence-corrected chi connectivity index (χ1v) is 4.57. The summed E-state index contributed by atoms with van der Waals surface area (Å²) in [6, 6.07) is 7.60. The third-order valence-electron chi connectivity index (χ3n) is 2.34. The Hall–Kier alpha value is -2.23. The first-order valence-electron chi connectivity index (χ1n) is 4.57. The minimum Gasteiger partial charge on any atom is -0.267 e. The van der Waals surface area contributed by atoms with Crippen molar-refractivity contribution in [2.45, 2.75) is 0 Å². The summed E-state index contributed by atoms with van der Waals surface area (Å²) >= 11 is 0. The third-order valence-corrected chi connectivity index (χ3v) is 2.34. The van der Waals surface area contributed by atoms with Crippen molar-refractivity contribution in [3.05, 3.63) is 53.2 Å². The van der Waals surface area contributed by atoms with Crippen molar-refractivity contribution >= 4 is 10.9 Å². The molecule has 0 fully saturated rings. The number of aromatic nitrogens is 3. The molecular weight excluding hydrogens is 190 g/mol. The highest BCUT2D eigenvalue weighted by Gasteiger charge is 2.07. The van der Waals surface area contributed by atoms with E-state index in [4.69, 9.17) is 0 Å². The highest BCUT2D eigenvalue weighted by atomic mass is 16.1. The fourth-order valence-electron chi connectivity index (χ4n) is 1.67. The molecule has 0 amide bonds. The number of para-hydroxylation sites is 1. The summed E-state index contributed by atoms with van der Waals surface area (Å²) in [7, 11) is 0. The number of nitrogens with zero attached hydrogens (tertiary/aromatic N) is 3. The van der Waals surface area contributed by atoms with E-state index in [-0.39, 0.29) is 5.56 Å². The SMILES string of the molecule is O=c1cnc2cncc3ccccc3n1-2. The number of imidazole rings is 1. The van der Waals surface area contributed by atoms with Gasteiger partial charge in [-0.15, -0.1) is 0 Å². The molecule has 0 spiro atoms. The molecular formula is C11H7N3O. The Bertz CT molecular complexity index is 659. The second kappa shape index (κ2) is 2.88. The Kier molecular flexibility index (Phi) is 1.56. The van der Waals surface area contributed by atoms with Crippen LogP contribution in [0.25, 0.3) is 16.7 Å². The molecule has 0 aliphatic carbocycles. The molecule has 0 atom stereocenters. The minimum absolute atomic E-state index is 0.126. The molecule has 2 aliphatic rings. The predicted octanol–water partition coefficient (Wildman–Crippen LogP) is 1.22. The fraction of sp³-hybridized carbons (Fsp3) is 0. The van der Waals surface area contributed by atoms with E-state index in [0.717, 1.165) is 10.9 Å². The molecule has 1 aromatic rings. The van der Waals surface area contributed by atoms with Gasteiger partial charge < -0.3 is 0 Å². The first kappa shape index (κ1) is 8.11. The molecule has 0 saturated heterocycles. The van der Waals surface area contributed by atoms with Crippen LogP contribution in [0.5, 0.6) is 0 Å². The lowest BCUT2D eigenvalue weighted by atomic mass is 10.2. The van der Waals surface area contributed by atoms with E-state index in [0.29, 0.717) is 5.82 Å². The van der Waals surface area contributed by atoms with Gasteiger partial charge in [0.25, 0.3) is 5.56 Å². The van der Waals surface area contributed by atoms with Gasteiger partial charge in [0.05, 0.1) is 17.9 Å². The highest BCUT2D eigenvalue weighted by Crippen LogP contribution is 2.13. The van der Waals surface area contributed by atoms with Crippen molar-refractivity contribution in [3.8, 4) is 5.82 Å². The summed E-state index contributed by atoms with van der Waals surface area (Å²) in [6.45, 7) is 0. The van der Waals surface area contributed by atoms with Crippen LogP contribution in [0.15, 0.2) is 47.7 Å². The Morgan fingerprint density at radius 2 is 1.93 bits per heavy atom. The van der Waals surface area contributed by atoms with Crippen molar-refractivity contribution < 1.29 is 0 Å². The van der Waals surface area contributed by atoms with Crippen molar-refractivity contribution in [3.63, 3.8) is 0 Å². The molecule has 1 aromatic carbocycles. The lowest BCUT2D eigenvalue weighted by molar-refractivity contribution is 1.06. The van der Waals surface area contributed by atoms with Crippen LogP contribution >= 0.6 is 0 Å². The molecule has 0 N–H and O–H groups in total. The van der Waals surface area contributed by atoms with E-state index in [1.807, 2.05) is 24.3 Å². The maximum Gasteiger partial charge on any atom is 0.275 e. The van der Waals surface area contributed by atoms with Crippen LogP contribution in [0.2, 0.25) is 0 Å². The van der Waals surface area contributed by atoms with E-state index in [2.05, 4.69) is 9.97 Å². The maximum absolute atomic E-state index is 11.6. The van der Waals surface area contributed by atoms with Crippen molar-refractivity contribution in [1.82, 2.24) is 14.5 Å². The van der Waals surface area contributed by atoms with Gasteiger partial charge in [-0.05, 0) is 6.07 Å². The molecule has 0 radical (unpaired) electrons. The van der Waals surface area contributed by atoms with Crippen LogP contribution in [0.4, 0.5) is 0 Å². The monoisotopic (exact) mass is 197 g/mol. The molecule has 15 heavy (non-hydrogen) atoms. The van der Waals surface area contributed by atoms with E-state index in [1.165, 1.54) is 6.20 Å². The summed E-state index contributed by atoms with van der Waals surface area (Å²) in [5, 5.41) is 0.919. The highest BCUT2D eigenvalue weighted by molar-refractivity contribution is 5.79. The summed E-state index contributed by atoms with van der Waals surface area (Å²) in [5.41, 5.74) is 0.701. The maximum atomic E-state index is 11.6. The van der Waals surface area contributed by atoms with Crippen molar-refractivity contribution in [2.75, 3.05) is 0 Å². The molecule has 0 saturated carbocycles. The van der Waals surface area contributed by atoms with Gasteiger partial charge in [-0.25, -0.2) is 4.98 Å². The Morgan fingerprint density at radius 3 is 2.87 bits per heavy atom. The van der Waals surface area contributed by atoms with E-state index < -0.39 is 0 Å². The minimum atomic E-state index is -0.126. The number of hydrogen-bond donors (Lipinski definition) is 0. The van der Waals surface area contributed by atoms with Gasteiger partial charge in [0.2, 0.25) is 0 Å². The average Bonchev–Trinajstić information content (AvgIpc) is 2.52. The van der Waals surface area contributed by atoms with Crippen LogP contribution in [0.1, 0.15) is 0 Å². The third kappa shape index (κ3) is 1.11. The topological polar surface area (TPSA) is 47.8 Å². The Labute approximate surface area is 85.2 Å². The van der Waals surface area contributed by atoms with Gasteiger partial charge in [-0.1, -0.05) is 18.2 Å². The Balaban J connectivity index is 2.63. The molecule has 72 valence electrons. The molecule has 4 nitrogen and oxygen atoms in total. The average molecular weight is 197 g/mol. The predicted molar refractivity (Wildman–Crippen MR) is 56.3 cm³/mol. The quantitative estimate of drug-likeness (QED) is 0.544. The largest absolute Gasteiger partial charge is 0.275 e. The molecule has 0 bridgehead atoms. The number of benzene rings is 1. The zero-order valence-corrected chi connectivity index (χ0v) is 7.79. The van der Waals surface area contributed by atoms with Crippen molar-refractivity contribution in [2.24, 2.45) is 0 Å². The van der Waals surface area contributed by atoms with Gasteiger partial charge in [0, 0.05) is 11.6 Å². The zero-order chi connectivity index (χ0) is 10.3. The molecule has 3 rings (SSSR count). The first-order chi connectivity index (χ1) is 7.36. The van der Waals surface area contributed by atoms with E-state index >= 15 is 0 Å². The van der Waals surface area contributed by atoms with Crippen LogP contribution in [0.3, 0.4) is 0 Å². The lowest BCUT2D eigenvalue weighted by Gasteiger charge is -1.98. The van der Waals surface area contributed by atoms with E-state index in [1.54, 1.807) is 17.0 Å². The van der Waals surface area contributed by atoms with Crippen LogP contribution in [-0.2, 0) is 0 Å². The van der Waals surface area contributed by atoms with Gasteiger partial charge >= 0.3 is 0 Å². The summed E-state index contributed by atoms with van der Waals surface area (Å²) in [4.78, 5) is 19.7. The van der Waals surface area contributed by atoms with Gasteiger partial charge in [-0.3, -0.25) is 14.3 Å². The lowest BCUT2D eigenvalue weighted by Crippen LogP contribution is -2.10. The summed E-state index contributed by atoms with van der Waals surface area (Å²) in [5.74, 6) is 0.571. The Morgan fingerprint density at radius 1 is 1.07 bits per heavy atom. The van der Waals surface area contributed by atoms with Crippen LogP contribution in [-0.4, -0.2) is 14.5 Å². The number of hydrogen-bond acceptors (Lipinski definition) is 3. The second-order valence-corrected chi connectivity index (χ2v) is 3.26. The number of fused-ring (bicyclic) bond motifs is 3. The smallest absolute Gasteiger partial charge is 0.267 e. The van der Waals surface area contributed by atoms with Gasteiger partial charge in [0.15, 0.2) is 5.82 Å². The molecule has 2 heterocycles. The molecule has 2 aliphatic heterocycles. The fourth-order valence-corrected chi connectivity index (χ4v) is 1.67. The molecule has 0 aromatic heterocycles. The van der Waals surface area contributed by atoms with E-state index in [9.17, 15) is 4.79 Å². The van der Waals surface area contributed by atoms with Crippen molar-refractivity contribution in [1.29, 1.82) is 0 Å². The number of rotatable bonds is 0. The van der Waals surface area contributed by atoms with Crippen LogP contribution < -0.4 is 5.56 Å². The van der Waals surface area contributed by atoms with Crippen LogP contribution in [0, 0.1) is 0 Å². The molecule has 0 unspecified atom stereocenters. The second-order valence-electron chi connectivity index (χ2n) is 3.26. The van der Waals surface area contributed by atoms with Gasteiger partial charge in [0.1, 0.15) is 0 Å². The summed E-state index contributed by atoms with van der Waals surface area (Å²) in [6.07, 6.45) is 4.62. The van der Waals surface area contributed by atoms with Gasteiger partial charge in [-0.2, -0.15) is 0 Å². The normalized spacial score (nSPS) is 10.9.